The second-order valence-corrected chi connectivity index (χ2v) is 8.85. The fraction of sp³-hybridized carbons (Fsp3) is 0.800. The van der Waals surface area contributed by atoms with Crippen molar-refractivity contribution in [2.45, 2.75) is 77.0 Å². The molecule has 28 heavy (non-hydrogen) atoms. The van der Waals surface area contributed by atoms with E-state index in [1.807, 2.05) is 27.7 Å². The van der Waals surface area contributed by atoms with Crippen molar-refractivity contribution in [3.05, 3.63) is 12.4 Å². The SMILES string of the molecule is CC1(C)OB(c2cnc(OCCCC3CCCCN3CCN)nc2)OC1(C)C. The van der Waals surface area contributed by atoms with Crippen molar-refractivity contribution in [2.24, 2.45) is 5.73 Å². The topological polar surface area (TPSA) is 82.7 Å². The maximum absolute atomic E-state index is 6.03. The molecule has 3 rings (SSSR count). The van der Waals surface area contributed by atoms with Crippen LogP contribution in [0.15, 0.2) is 12.4 Å². The van der Waals surface area contributed by atoms with E-state index in [2.05, 4.69) is 14.9 Å². The summed E-state index contributed by atoms with van der Waals surface area (Å²) in [5, 5.41) is 0. The molecule has 1 aromatic rings. The number of likely N-dealkylation sites (tertiary alicyclic amines) is 1. The van der Waals surface area contributed by atoms with Gasteiger partial charge in [0.05, 0.1) is 17.8 Å². The van der Waals surface area contributed by atoms with E-state index in [9.17, 15) is 0 Å². The van der Waals surface area contributed by atoms with E-state index in [1.165, 1.54) is 25.8 Å². The highest BCUT2D eigenvalue weighted by Gasteiger charge is 2.51. The van der Waals surface area contributed by atoms with Crippen molar-refractivity contribution in [1.82, 2.24) is 14.9 Å². The molecule has 1 aromatic heterocycles. The monoisotopic (exact) mass is 390 g/mol. The van der Waals surface area contributed by atoms with Crippen LogP contribution in [-0.2, 0) is 9.31 Å². The highest BCUT2D eigenvalue weighted by molar-refractivity contribution is 6.61. The molecule has 2 aliphatic heterocycles. The number of nitrogens with zero attached hydrogens (tertiary/aromatic N) is 3. The lowest BCUT2D eigenvalue weighted by atomic mass is 9.81. The molecule has 0 spiro atoms. The van der Waals surface area contributed by atoms with Gasteiger partial charge in [0.2, 0.25) is 0 Å². The van der Waals surface area contributed by atoms with E-state index in [-0.39, 0.29) is 11.2 Å². The lowest BCUT2D eigenvalue weighted by Crippen LogP contribution is -2.42. The van der Waals surface area contributed by atoms with Gasteiger partial charge in [0.25, 0.3) is 0 Å². The van der Waals surface area contributed by atoms with E-state index < -0.39 is 7.12 Å². The Bertz CT molecular complexity index is 608. The van der Waals surface area contributed by atoms with Gasteiger partial charge in [0.15, 0.2) is 0 Å². The number of aromatic nitrogens is 2. The van der Waals surface area contributed by atoms with Crippen LogP contribution >= 0.6 is 0 Å². The number of piperidine rings is 1. The summed E-state index contributed by atoms with van der Waals surface area (Å²) in [6.45, 7) is 11.7. The first kappa shape index (κ1) is 21.5. The first-order chi connectivity index (χ1) is 13.3. The van der Waals surface area contributed by atoms with E-state index >= 15 is 0 Å². The summed E-state index contributed by atoms with van der Waals surface area (Å²) in [6.07, 6.45) is 9.45. The number of nitrogens with two attached hydrogens (primary N) is 1. The van der Waals surface area contributed by atoms with Crippen molar-refractivity contribution < 1.29 is 14.0 Å². The Morgan fingerprint density at radius 3 is 2.50 bits per heavy atom. The molecule has 7 nitrogen and oxygen atoms in total. The summed E-state index contributed by atoms with van der Waals surface area (Å²) >= 11 is 0. The van der Waals surface area contributed by atoms with Gasteiger partial charge in [-0.1, -0.05) is 6.42 Å². The summed E-state index contributed by atoms with van der Waals surface area (Å²) in [5.41, 5.74) is 5.81. The number of hydrogen-bond donors (Lipinski definition) is 1. The Morgan fingerprint density at radius 1 is 1.18 bits per heavy atom. The zero-order chi connectivity index (χ0) is 20.2. The second-order valence-electron chi connectivity index (χ2n) is 8.85. The van der Waals surface area contributed by atoms with E-state index in [1.54, 1.807) is 12.4 Å². The minimum absolute atomic E-state index is 0.371. The summed E-state index contributed by atoms with van der Waals surface area (Å²) < 4.78 is 17.8. The van der Waals surface area contributed by atoms with E-state index in [0.717, 1.165) is 31.4 Å². The second kappa shape index (κ2) is 9.07. The molecule has 2 saturated heterocycles. The lowest BCUT2D eigenvalue weighted by molar-refractivity contribution is 0.00578. The number of ether oxygens (including phenoxy) is 1. The molecule has 0 saturated carbocycles. The predicted molar refractivity (Wildman–Crippen MR) is 111 cm³/mol. The van der Waals surface area contributed by atoms with Gasteiger partial charge in [-0.25, -0.2) is 9.97 Å². The molecule has 0 radical (unpaired) electrons. The molecule has 3 heterocycles. The Balaban J connectivity index is 1.44. The normalized spacial score (nSPS) is 24.5. The maximum Gasteiger partial charge on any atom is 0.498 e. The summed E-state index contributed by atoms with van der Waals surface area (Å²) in [6, 6.07) is 1.04. The molecule has 8 heteroatoms. The summed E-state index contributed by atoms with van der Waals surface area (Å²) in [4.78, 5) is 11.2. The predicted octanol–water partition coefficient (Wildman–Crippen LogP) is 1.75. The molecule has 0 aromatic carbocycles. The molecule has 1 atom stereocenters. The highest BCUT2D eigenvalue weighted by atomic mass is 16.7. The average molecular weight is 390 g/mol. The third kappa shape index (κ3) is 5.03. The van der Waals surface area contributed by atoms with Crippen molar-refractivity contribution in [1.29, 1.82) is 0 Å². The minimum atomic E-state index is -0.445. The standard InChI is InChI=1S/C20H35BN4O3/c1-19(2)20(3,4)28-21(27-19)16-14-23-18(24-15-16)26-13-7-9-17-8-5-6-11-25(17)12-10-22/h14-15,17H,5-13,22H2,1-4H3. The van der Waals surface area contributed by atoms with Crippen LogP contribution in [0.3, 0.4) is 0 Å². The van der Waals surface area contributed by atoms with E-state index in [4.69, 9.17) is 19.8 Å². The van der Waals surface area contributed by atoms with E-state index in [0.29, 0.717) is 18.7 Å². The summed E-state index contributed by atoms with van der Waals surface area (Å²) in [5.74, 6) is 0. The van der Waals surface area contributed by atoms with Gasteiger partial charge in [-0.3, -0.25) is 4.90 Å². The van der Waals surface area contributed by atoms with Gasteiger partial charge < -0.3 is 19.8 Å². The molecule has 2 N–H and O–H groups in total. The Labute approximate surface area is 169 Å². The highest BCUT2D eigenvalue weighted by Crippen LogP contribution is 2.36. The van der Waals surface area contributed by atoms with Crippen LogP contribution in [0.5, 0.6) is 6.01 Å². The Morgan fingerprint density at radius 2 is 1.86 bits per heavy atom. The maximum atomic E-state index is 6.03. The minimum Gasteiger partial charge on any atom is -0.463 e. The molecule has 0 aliphatic carbocycles. The van der Waals surface area contributed by atoms with Gasteiger partial charge in [0, 0.05) is 37.0 Å². The smallest absolute Gasteiger partial charge is 0.463 e. The zero-order valence-corrected chi connectivity index (χ0v) is 17.8. The first-order valence-electron chi connectivity index (χ1n) is 10.6. The van der Waals surface area contributed by atoms with Gasteiger partial charge >= 0.3 is 13.1 Å². The van der Waals surface area contributed by atoms with Crippen molar-refractivity contribution in [3.8, 4) is 6.01 Å². The van der Waals surface area contributed by atoms with Crippen LogP contribution in [-0.4, -0.2) is 65.5 Å². The Hall–Kier alpha value is -1.22. The van der Waals surface area contributed by atoms with Crippen LogP contribution < -0.4 is 15.9 Å². The molecule has 2 fully saturated rings. The van der Waals surface area contributed by atoms with Gasteiger partial charge in [0.1, 0.15) is 0 Å². The average Bonchev–Trinajstić information content (AvgIpc) is 2.88. The molecule has 0 bridgehead atoms. The van der Waals surface area contributed by atoms with Gasteiger partial charge in [-0.05, 0) is 59.9 Å². The van der Waals surface area contributed by atoms with Gasteiger partial charge in [-0.2, -0.15) is 0 Å². The van der Waals surface area contributed by atoms with Crippen LogP contribution in [0.1, 0.15) is 59.8 Å². The fourth-order valence-electron chi connectivity index (χ4n) is 3.83. The first-order valence-corrected chi connectivity index (χ1v) is 10.6. The van der Waals surface area contributed by atoms with Gasteiger partial charge in [-0.15, -0.1) is 0 Å². The molecular formula is C20H35BN4O3. The zero-order valence-electron chi connectivity index (χ0n) is 17.8. The third-order valence-electron chi connectivity index (χ3n) is 6.25. The molecule has 0 amide bonds. The van der Waals surface area contributed by atoms with Crippen molar-refractivity contribution in [2.75, 3.05) is 26.2 Å². The number of hydrogen-bond acceptors (Lipinski definition) is 7. The third-order valence-corrected chi connectivity index (χ3v) is 6.25. The number of rotatable bonds is 8. The molecular weight excluding hydrogens is 355 g/mol. The van der Waals surface area contributed by atoms with Crippen molar-refractivity contribution in [3.63, 3.8) is 0 Å². The fourth-order valence-corrected chi connectivity index (χ4v) is 3.83. The largest absolute Gasteiger partial charge is 0.498 e. The molecule has 2 aliphatic rings. The van der Waals surface area contributed by atoms with Crippen LogP contribution in [0.2, 0.25) is 0 Å². The Kier molecular flexibility index (Phi) is 6.96. The van der Waals surface area contributed by atoms with Crippen LogP contribution in [0.4, 0.5) is 0 Å². The van der Waals surface area contributed by atoms with Crippen molar-refractivity contribution >= 4 is 12.6 Å². The summed E-state index contributed by atoms with van der Waals surface area (Å²) in [7, 11) is -0.445. The van der Waals surface area contributed by atoms with Crippen LogP contribution in [0.25, 0.3) is 0 Å². The lowest BCUT2D eigenvalue weighted by Gasteiger charge is -2.35. The molecule has 1 unspecified atom stereocenters. The quantitative estimate of drug-likeness (QED) is 0.535. The van der Waals surface area contributed by atoms with Crippen LogP contribution in [0, 0.1) is 0 Å². The molecule has 156 valence electrons.